The Labute approximate surface area is 155 Å². The number of benzene rings is 1. The molecule has 0 spiro atoms. The highest BCUT2D eigenvalue weighted by molar-refractivity contribution is 6.31. The Hall–Kier alpha value is -2.02. The molecule has 26 heavy (non-hydrogen) atoms. The quantitative estimate of drug-likeness (QED) is 0.680. The number of nitrogens with zero attached hydrogens (tertiary/aromatic N) is 2. The topological polar surface area (TPSA) is 49.8 Å². The lowest BCUT2D eigenvalue weighted by molar-refractivity contribution is -0.137. The van der Waals surface area contributed by atoms with Crippen LogP contribution in [0.5, 0.6) is 0 Å². The molecule has 1 aromatic heterocycles. The van der Waals surface area contributed by atoms with Crippen LogP contribution >= 0.6 is 11.6 Å². The van der Waals surface area contributed by atoms with Crippen LogP contribution in [-0.2, 0) is 6.18 Å². The van der Waals surface area contributed by atoms with Gasteiger partial charge in [-0.25, -0.2) is 4.98 Å². The molecule has 1 fully saturated rings. The van der Waals surface area contributed by atoms with E-state index >= 15 is 0 Å². The minimum Gasteiger partial charge on any atom is -0.350 e. The van der Waals surface area contributed by atoms with E-state index in [1.54, 1.807) is 6.07 Å². The summed E-state index contributed by atoms with van der Waals surface area (Å²) in [5.74, 6) is 1.29. The highest BCUT2D eigenvalue weighted by Gasteiger charge is 2.33. The standard InChI is InChI=1S/C18H20ClF3N4/c1-17(2,3)26-16-24-14(10-4-5-10)9-15(25-16)23-11-6-7-13(19)12(8-11)18(20,21)22/h6-10H,4-5H2,1-3H3,(H2,23,24,25,26). The molecule has 0 amide bonds. The number of aromatic nitrogens is 2. The van der Waals surface area contributed by atoms with Crippen LogP contribution in [-0.4, -0.2) is 15.5 Å². The first-order valence-electron chi connectivity index (χ1n) is 8.32. The van der Waals surface area contributed by atoms with Gasteiger partial charge in [-0.05, 0) is 51.8 Å². The molecule has 0 bridgehead atoms. The van der Waals surface area contributed by atoms with Crippen LogP contribution in [0.1, 0.15) is 50.8 Å². The highest BCUT2D eigenvalue weighted by atomic mass is 35.5. The number of rotatable bonds is 4. The Morgan fingerprint density at radius 2 is 1.77 bits per heavy atom. The fourth-order valence-electron chi connectivity index (χ4n) is 2.48. The summed E-state index contributed by atoms with van der Waals surface area (Å²) < 4.78 is 39.1. The number of nitrogens with one attached hydrogen (secondary N) is 2. The average Bonchev–Trinajstić information content (AvgIpc) is 3.30. The summed E-state index contributed by atoms with van der Waals surface area (Å²) in [6, 6.07) is 5.49. The number of hydrogen-bond acceptors (Lipinski definition) is 4. The van der Waals surface area contributed by atoms with Crippen molar-refractivity contribution in [3.05, 3.63) is 40.5 Å². The molecule has 0 radical (unpaired) electrons. The van der Waals surface area contributed by atoms with Crippen molar-refractivity contribution in [3.63, 3.8) is 0 Å². The van der Waals surface area contributed by atoms with Gasteiger partial charge in [-0.3, -0.25) is 0 Å². The predicted octanol–water partition coefficient (Wildman–Crippen LogP) is 5.98. The SMILES string of the molecule is CC(C)(C)Nc1nc(Nc2ccc(Cl)c(C(F)(F)F)c2)cc(C2CC2)n1. The molecule has 2 N–H and O–H groups in total. The van der Waals surface area contributed by atoms with Gasteiger partial charge in [-0.1, -0.05) is 11.6 Å². The van der Waals surface area contributed by atoms with Gasteiger partial charge in [0, 0.05) is 23.2 Å². The van der Waals surface area contributed by atoms with Crippen molar-refractivity contribution in [2.75, 3.05) is 10.6 Å². The van der Waals surface area contributed by atoms with Crippen molar-refractivity contribution in [1.29, 1.82) is 0 Å². The second kappa shape index (κ2) is 6.61. The van der Waals surface area contributed by atoms with Gasteiger partial charge in [0.25, 0.3) is 0 Å². The van der Waals surface area contributed by atoms with E-state index < -0.39 is 11.7 Å². The number of hydrogen-bond donors (Lipinski definition) is 2. The minimum atomic E-state index is -4.52. The Bertz CT molecular complexity index is 811. The van der Waals surface area contributed by atoms with Crippen LogP contribution in [0.3, 0.4) is 0 Å². The van der Waals surface area contributed by atoms with E-state index in [9.17, 15) is 13.2 Å². The number of anilines is 3. The summed E-state index contributed by atoms with van der Waals surface area (Å²) in [5.41, 5.74) is 0.0419. The number of alkyl halides is 3. The van der Waals surface area contributed by atoms with Gasteiger partial charge in [-0.15, -0.1) is 0 Å². The summed E-state index contributed by atoms with van der Waals surface area (Å²) in [5, 5.41) is 5.82. The van der Waals surface area contributed by atoms with Crippen LogP contribution in [0.2, 0.25) is 5.02 Å². The Balaban J connectivity index is 1.92. The van der Waals surface area contributed by atoms with Crippen LogP contribution < -0.4 is 10.6 Å². The third-order valence-electron chi connectivity index (χ3n) is 3.77. The van der Waals surface area contributed by atoms with Crippen molar-refractivity contribution in [2.24, 2.45) is 0 Å². The maximum atomic E-state index is 13.0. The van der Waals surface area contributed by atoms with Crippen LogP contribution in [0, 0.1) is 0 Å². The normalized spacial score (nSPS) is 15.0. The fourth-order valence-corrected chi connectivity index (χ4v) is 2.70. The third kappa shape index (κ3) is 4.78. The molecule has 1 aliphatic carbocycles. The highest BCUT2D eigenvalue weighted by Crippen LogP contribution is 2.41. The van der Waals surface area contributed by atoms with Crippen LogP contribution in [0.15, 0.2) is 24.3 Å². The first-order chi connectivity index (χ1) is 12.0. The van der Waals surface area contributed by atoms with Gasteiger partial charge in [0.2, 0.25) is 5.95 Å². The van der Waals surface area contributed by atoms with E-state index in [4.69, 9.17) is 11.6 Å². The summed E-state index contributed by atoms with van der Waals surface area (Å²) in [4.78, 5) is 8.92. The third-order valence-corrected chi connectivity index (χ3v) is 4.10. The molecule has 0 atom stereocenters. The molecule has 0 unspecified atom stereocenters. The monoisotopic (exact) mass is 384 g/mol. The van der Waals surface area contributed by atoms with Gasteiger partial charge >= 0.3 is 6.18 Å². The van der Waals surface area contributed by atoms with E-state index in [-0.39, 0.29) is 16.2 Å². The minimum absolute atomic E-state index is 0.233. The molecule has 1 saturated carbocycles. The van der Waals surface area contributed by atoms with Gasteiger partial charge in [0.1, 0.15) is 5.82 Å². The second-order valence-electron chi connectivity index (χ2n) is 7.47. The summed E-state index contributed by atoms with van der Waals surface area (Å²) in [7, 11) is 0. The van der Waals surface area contributed by atoms with E-state index in [1.807, 2.05) is 20.8 Å². The average molecular weight is 385 g/mol. The molecule has 8 heteroatoms. The van der Waals surface area contributed by atoms with Gasteiger partial charge < -0.3 is 10.6 Å². The maximum Gasteiger partial charge on any atom is 0.417 e. The molecule has 3 rings (SSSR count). The first kappa shape index (κ1) is 18.8. The Morgan fingerprint density at radius 3 is 2.35 bits per heavy atom. The lowest BCUT2D eigenvalue weighted by Crippen LogP contribution is -2.27. The molecule has 1 aliphatic rings. The zero-order valence-corrected chi connectivity index (χ0v) is 15.5. The van der Waals surface area contributed by atoms with E-state index in [2.05, 4.69) is 20.6 Å². The van der Waals surface area contributed by atoms with Crippen LogP contribution in [0.25, 0.3) is 0 Å². The van der Waals surface area contributed by atoms with Gasteiger partial charge in [0.05, 0.1) is 16.3 Å². The zero-order valence-electron chi connectivity index (χ0n) is 14.7. The lowest BCUT2D eigenvalue weighted by atomic mass is 10.1. The van der Waals surface area contributed by atoms with Crippen molar-refractivity contribution in [2.45, 2.75) is 51.2 Å². The Morgan fingerprint density at radius 1 is 1.08 bits per heavy atom. The molecule has 140 valence electrons. The molecule has 1 heterocycles. The van der Waals surface area contributed by atoms with Crippen molar-refractivity contribution >= 4 is 29.1 Å². The van der Waals surface area contributed by atoms with Gasteiger partial charge in [-0.2, -0.15) is 18.2 Å². The van der Waals surface area contributed by atoms with Crippen molar-refractivity contribution < 1.29 is 13.2 Å². The zero-order chi connectivity index (χ0) is 19.1. The van der Waals surface area contributed by atoms with E-state index in [0.29, 0.717) is 17.7 Å². The predicted molar refractivity (Wildman–Crippen MR) is 97.1 cm³/mol. The van der Waals surface area contributed by atoms with Crippen molar-refractivity contribution in [1.82, 2.24) is 9.97 Å². The van der Waals surface area contributed by atoms with E-state index in [0.717, 1.165) is 24.6 Å². The van der Waals surface area contributed by atoms with E-state index in [1.165, 1.54) is 12.1 Å². The van der Waals surface area contributed by atoms with Gasteiger partial charge in [0.15, 0.2) is 0 Å². The Kier molecular flexibility index (Phi) is 4.77. The molecule has 0 saturated heterocycles. The van der Waals surface area contributed by atoms with Crippen molar-refractivity contribution in [3.8, 4) is 0 Å². The maximum absolute atomic E-state index is 13.0. The number of halogens is 4. The summed E-state index contributed by atoms with van der Waals surface area (Å²) >= 11 is 5.67. The molecular formula is C18H20ClF3N4. The fraction of sp³-hybridized carbons (Fsp3) is 0.444. The largest absolute Gasteiger partial charge is 0.417 e. The summed E-state index contributed by atoms with van der Waals surface area (Å²) in [6.45, 7) is 5.96. The van der Waals surface area contributed by atoms with Crippen LogP contribution in [0.4, 0.5) is 30.6 Å². The molecular weight excluding hydrogens is 365 g/mol. The summed E-state index contributed by atoms with van der Waals surface area (Å²) in [6.07, 6.45) is -2.40. The molecule has 0 aliphatic heterocycles. The second-order valence-corrected chi connectivity index (χ2v) is 7.88. The molecule has 2 aromatic rings. The smallest absolute Gasteiger partial charge is 0.350 e. The lowest BCUT2D eigenvalue weighted by Gasteiger charge is -2.21. The molecule has 1 aromatic carbocycles. The first-order valence-corrected chi connectivity index (χ1v) is 8.70. The molecule has 4 nitrogen and oxygen atoms in total.